The number of nitrogens with zero attached hydrogens (tertiary/aromatic N) is 1. The van der Waals surface area contributed by atoms with E-state index < -0.39 is 18.5 Å². The lowest BCUT2D eigenvalue weighted by molar-refractivity contribution is -0.125. The van der Waals surface area contributed by atoms with Crippen LogP contribution in [0.25, 0.3) is 21.9 Å². The van der Waals surface area contributed by atoms with E-state index in [1.54, 1.807) is 12.1 Å². The zero-order chi connectivity index (χ0) is 19.5. The number of nitrogens with one attached hydrogen (secondary N) is 1. The summed E-state index contributed by atoms with van der Waals surface area (Å²) in [5, 5.41) is 4.66. The van der Waals surface area contributed by atoms with Gasteiger partial charge in [0, 0.05) is 10.8 Å². The molecular weight excluding hydrogens is 356 g/mol. The standard InChI is InChI=1S/C22H18N2O4/c1-14(20-12-16-7-3-5-9-19(16)28-20)23-21(25)13-27-22(26)18-11-10-15-6-2-4-8-17(15)24-18/h2-12,14H,13H2,1H3,(H,23,25)/t14-/m1/s1. The number of fused-ring (bicyclic) bond motifs is 2. The highest BCUT2D eigenvalue weighted by molar-refractivity contribution is 5.92. The Morgan fingerprint density at radius 2 is 1.79 bits per heavy atom. The first-order valence-electron chi connectivity index (χ1n) is 8.91. The second kappa shape index (κ2) is 7.52. The molecule has 28 heavy (non-hydrogen) atoms. The van der Waals surface area contributed by atoms with Crippen LogP contribution in [0.2, 0.25) is 0 Å². The third kappa shape index (κ3) is 3.71. The minimum absolute atomic E-state index is 0.164. The first kappa shape index (κ1) is 17.7. The Bertz CT molecular complexity index is 1130. The Labute approximate surface area is 161 Å². The van der Waals surface area contributed by atoms with Crippen LogP contribution in [-0.2, 0) is 9.53 Å². The summed E-state index contributed by atoms with van der Waals surface area (Å²) in [6.45, 7) is 1.42. The number of hydrogen-bond donors (Lipinski definition) is 1. The summed E-state index contributed by atoms with van der Waals surface area (Å²) in [4.78, 5) is 28.6. The van der Waals surface area contributed by atoms with E-state index in [4.69, 9.17) is 9.15 Å². The van der Waals surface area contributed by atoms with Crippen molar-refractivity contribution < 1.29 is 18.7 Å². The van der Waals surface area contributed by atoms with Crippen LogP contribution in [0.4, 0.5) is 0 Å². The predicted octanol–water partition coefficient (Wildman–Crippen LogP) is 4.02. The lowest BCUT2D eigenvalue weighted by Crippen LogP contribution is -2.31. The number of furan rings is 1. The fourth-order valence-electron chi connectivity index (χ4n) is 2.95. The molecule has 6 heteroatoms. The molecule has 1 amide bonds. The largest absolute Gasteiger partial charge is 0.459 e. The molecule has 0 aliphatic carbocycles. The van der Waals surface area contributed by atoms with Crippen molar-refractivity contribution in [3.8, 4) is 0 Å². The van der Waals surface area contributed by atoms with Crippen LogP contribution >= 0.6 is 0 Å². The van der Waals surface area contributed by atoms with Gasteiger partial charge in [0.15, 0.2) is 6.61 Å². The molecule has 0 fully saturated rings. The minimum Gasteiger partial charge on any atom is -0.459 e. The topological polar surface area (TPSA) is 81.4 Å². The summed E-state index contributed by atoms with van der Waals surface area (Å²) in [5.41, 5.74) is 1.61. The Morgan fingerprint density at radius 3 is 2.61 bits per heavy atom. The second-order valence-corrected chi connectivity index (χ2v) is 6.44. The second-order valence-electron chi connectivity index (χ2n) is 6.44. The van der Waals surface area contributed by atoms with Crippen molar-refractivity contribution in [3.63, 3.8) is 0 Å². The van der Waals surface area contributed by atoms with Crippen LogP contribution in [0.15, 0.2) is 71.1 Å². The van der Waals surface area contributed by atoms with E-state index in [2.05, 4.69) is 10.3 Å². The van der Waals surface area contributed by atoms with E-state index in [9.17, 15) is 9.59 Å². The van der Waals surface area contributed by atoms with Gasteiger partial charge in [-0.2, -0.15) is 0 Å². The number of para-hydroxylation sites is 2. The summed E-state index contributed by atoms with van der Waals surface area (Å²) in [6, 6.07) is 20.0. The normalized spacial score (nSPS) is 12.0. The number of carbonyl (C=O) groups excluding carboxylic acids is 2. The summed E-state index contributed by atoms with van der Waals surface area (Å²) < 4.78 is 10.8. The number of aromatic nitrogens is 1. The number of ether oxygens (including phenoxy) is 1. The van der Waals surface area contributed by atoms with Gasteiger partial charge in [0.2, 0.25) is 0 Å². The van der Waals surface area contributed by atoms with Gasteiger partial charge >= 0.3 is 5.97 Å². The summed E-state index contributed by atoms with van der Waals surface area (Å²) in [6.07, 6.45) is 0. The number of benzene rings is 2. The predicted molar refractivity (Wildman–Crippen MR) is 105 cm³/mol. The smallest absolute Gasteiger partial charge is 0.357 e. The van der Waals surface area contributed by atoms with E-state index >= 15 is 0 Å². The van der Waals surface area contributed by atoms with Gasteiger partial charge in [-0.25, -0.2) is 9.78 Å². The first-order valence-corrected chi connectivity index (χ1v) is 8.91. The molecule has 4 aromatic rings. The van der Waals surface area contributed by atoms with Gasteiger partial charge in [0.05, 0.1) is 11.6 Å². The highest BCUT2D eigenvalue weighted by atomic mass is 16.5. The molecule has 2 aromatic carbocycles. The number of amides is 1. The Hall–Kier alpha value is -3.67. The van der Waals surface area contributed by atoms with E-state index in [0.29, 0.717) is 11.3 Å². The van der Waals surface area contributed by atoms with Crippen molar-refractivity contribution in [2.45, 2.75) is 13.0 Å². The fraction of sp³-hybridized carbons (Fsp3) is 0.136. The SMILES string of the molecule is C[C@@H](NC(=O)COC(=O)c1ccc2ccccc2n1)c1cc2ccccc2o1. The summed E-state index contributed by atoms with van der Waals surface area (Å²) in [7, 11) is 0. The molecule has 2 heterocycles. The molecule has 1 atom stereocenters. The maximum atomic E-state index is 12.2. The quantitative estimate of drug-likeness (QED) is 0.534. The highest BCUT2D eigenvalue weighted by Crippen LogP contribution is 2.23. The van der Waals surface area contributed by atoms with Crippen molar-refractivity contribution in [2.75, 3.05) is 6.61 Å². The van der Waals surface area contributed by atoms with Crippen LogP contribution in [0.1, 0.15) is 29.2 Å². The Kier molecular flexibility index (Phi) is 4.76. The fourth-order valence-corrected chi connectivity index (χ4v) is 2.95. The molecule has 1 N–H and O–H groups in total. The minimum atomic E-state index is -0.641. The zero-order valence-electron chi connectivity index (χ0n) is 15.2. The van der Waals surface area contributed by atoms with Gasteiger partial charge in [-0.1, -0.05) is 42.5 Å². The number of rotatable bonds is 5. The van der Waals surface area contributed by atoms with Crippen LogP contribution in [0.5, 0.6) is 0 Å². The zero-order valence-corrected chi connectivity index (χ0v) is 15.2. The molecule has 0 bridgehead atoms. The third-order valence-electron chi connectivity index (χ3n) is 4.39. The molecule has 2 aromatic heterocycles. The summed E-state index contributed by atoms with van der Waals surface area (Å²) in [5.74, 6) is -0.420. The first-order chi connectivity index (χ1) is 13.6. The van der Waals surface area contributed by atoms with E-state index in [-0.39, 0.29) is 11.7 Å². The van der Waals surface area contributed by atoms with E-state index in [1.807, 2.05) is 61.5 Å². The van der Waals surface area contributed by atoms with E-state index in [1.165, 1.54) is 0 Å². The van der Waals surface area contributed by atoms with E-state index in [0.717, 1.165) is 16.4 Å². The van der Waals surface area contributed by atoms with Gasteiger partial charge < -0.3 is 14.5 Å². The van der Waals surface area contributed by atoms with Gasteiger partial charge in [0.25, 0.3) is 5.91 Å². The van der Waals surface area contributed by atoms with Crippen molar-refractivity contribution in [1.82, 2.24) is 10.3 Å². The van der Waals surface area contributed by atoms with Crippen molar-refractivity contribution >= 4 is 33.7 Å². The maximum Gasteiger partial charge on any atom is 0.357 e. The molecule has 0 saturated heterocycles. The molecular formula is C22H18N2O4. The van der Waals surface area contributed by atoms with Crippen LogP contribution in [0.3, 0.4) is 0 Å². The van der Waals surface area contributed by atoms with Crippen molar-refractivity contribution in [2.24, 2.45) is 0 Å². The Balaban J connectivity index is 1.35. The average molecular weight is 374 g/mol. The van der Waals surface area contributed by atoms with Crippen molar-refractivity contribution in [1.29, 1.82) is 0 Å². The average Bonchev–Trinajstić information content (AvgIpc) is 3.16. The van der Waals surface area contributed by atoms with Crippen molar-refractivity contribution in [3.05, 3.63) is 78.2 Å². The molecule has 0 saturated carbocycles. The van der Waals surface area contributed by atoms with Crippen LogP contribution in [-0.4, -0.2) is 23.5 Å². The molecule has 0 aliphatic heterocycles. The number of pyridine rings is 1. The molecule has 0 unspecified atom stereocenters. The lowest BCUT2D eigenvalue weighted by Gasteiger charge is -2.11. The van der Waals surface area contributed by atoms with Gasteiger partial charge in [-0.05, 0) is 31.2 Å². The molecule has 6 nitrogen and oxygen atoms in total. The van der Waals surface area contributed by atoms with Crippen LogP contribution < -0.4 is 5.32 Å². The third-order valence-corrected chi connectivity index (χ3v) is 4.39. The molecule has 140 valence electrons. The van der Waals surface area contributed by atoms with Gasteiger partial charge in [0.1, 0.15) is 17.0 Å². The van der Waals surface area contributed by atoms with Gasteiger partial charge in [-0.3, -0.25) is 4.79 Å². The molecule has 4 rings (SSSR count). The number of esters is 1. The maximum absolute atomic E-state index is 12.2. The monoisotopic (exact) mass is 374 g/mol. The molecule has 0 radical (unpaired) electrons. The molecule has 0 spiro atoms. The molecule has 0 aliphatic rings. The number of carbonyl (C=O) groups is 2. The number of hydrogen-bond acceptors (Lipinski definition) is 5. The summed E-state index contributed by atoms with van der Waals surface area (Å²) >= 11 is 0. The Morgan fingerprint density at radius 1 is 1.04 bits per heavy atom. The highest BCUT2D eigenvalue weighted by Gasteiger charge is 2.16. The van der Waals surface area contributed by atoms with Crippen LogP contribution in [0, 0.1) is 0 Å². The lowest BCUT2D eigenvalue weighted by atomic mass is 10.2. The van der Waals surface area contributed by atoms with Gasteiger partial charge in [-0.15, -0.1) is 0 Å².